The van der Waals surface area contributed by atoms with Crippen LogP contribution in [0, 0.1) is 0 Å². The molecular formula is C18H13F6N5O2S. The summed E-state index contributed by atoms with van der Waals surface area (Å²) >= 11 is 0. The maximum absolute atomic E-state index is 13.6. The monoisotopic (exact) mass is 477 g/mol. The summed E-state index contributed by atoms with van der Waals surface area (Å²) < 4.78 is 107. The summed E-state index contributed by atoms with van der Waals surface area (Å²) in [4.78, 5) is 7.79. The van der Waals surface area contributed by atoms with Crippen LogP contribution in [0.1, 0.15) is 18.1 Å². The van der Waals surface area contributed by atoms with Crippen molar-refractivity contribution in [1.82, 2.24) is 24.3 Å². The van der Waals surface area contributed by atoms with Crippen molar-refractivity contribution >= 4 is 31.9 Å². The Morgan fingerprint density at radius 3 is 2.34 bits per heavy atom. The van der Waals surface area contributed by atoms with Crippen LogP contribution in [0.15, 0.2) is 35.5 Å². The molecule has 4 aromatic rings. The van der Waals surface area contributed by atoms with Gasteiger partial charge in [0.25, 0.3) is 0 Å². The lowest BCUT2D eigenvalue weighted by Crippen LogP contribution is -2.10. The first kappa shape index (κ1) is 22.0. The molecule has 0 fully saturated rings. The van der Waals surface area contributed by atoms with Crippen LogP contribution in [-0.2, 0) is 29.2 Å². The molecule has 0 spiro atoms. The number of aromatic nitrogens is 5. The van der Waals surface area contributed by atoms with Crippen LogP contribution in [0.2, 0.25) is 0 Å². The molecule has 0 N–H and O–H groups in total. The highest BCUT2D eigenvalue weighted by atomic mass is 32.2. The van der Waals surface area contributed by atoms with Crippen LogP contribution in [-0.4, -0.2) is 38.5 Å². The highest BCUT2D eigenvalue weighted by Gasteiger charge is 2.37. The normalized spacial score (nSPS) is 13.4. The molecular weight excluding hydrogens is 464 g/mol. The largest absolute Gasteiger partial charge is 0.417 e. The van der Waals surface area contributed by atoms with Gasteiger partial charge < -0.3 is 0 Å². The van der Waals surface area contributed by atoms with Crippen molar-refractivity contribution in [3.05, 3.63) is 41.6 Å². The number of halogens is 6. The van der Waals surface area contributed by atoms with E-state index < -0.39 is 49.5 Å². The predicted octanol–water partition coefficient (Wildman–Crippen LogP) is 4.14. The molecule has 32 heavy (non-hydrogen) atoms. The Labute approximate surface area is 176 Å². The molecule has 0 radical (unpaired) electrons. The fourth-order valence-corrected chi connectivity index (χ4v) is 4.29. The number of imidazole rings is 1. The second-order valence-electron chi connectivity index (χ2n) is 6.85. The van der Waals surface area contributed by atoms with Gasteiger partial charge in [0.05, 0.1) is 27.8 Å². The summed E-state index contributed by atoms with van der Waals surface area (Å²) in [6.07, 6.45) is -8.95. The molecule has 0 atom stereocenters. The Hall–Kier alpha value is -3.16. The van der Waals surface area contributed by atoms with Crippen LogP contribution in [0.25, 0.3) is 28.0 Å². The zero-order valence-electron chi connectivity index (χ0n) is 16.3. The first-order valence-electron chi connectivity index (χ1n) is 8.97. The predicted molar refractivity (Wildman–Crippen MR) is 101 cm³/mol. The van der Waals surface area contributed by atoms with Crippen molar-refractivity contribution in [2.45, 2.75) is 24.3 Å². The Bertz CT molecular complexity index is 1470. The van der Waals surface area contributed by atoms with Crippen molar-refractivity contribution < 1.29 is 34.8 Å². The fraction of sp³-hybridized carbons (Fsp3) is 0.278. The molecule has 14 heteroatoms. The van der Waals surface area contributed by atoms with Crippen LogP contribution in [0.3, 0.4) is 0 Å². The van der Waals surface area contributed by atoms with E-state index in [2.05, 4.69) is 15.1 Å². The minimum absolute atomic E-state index is 0.00326. The van der Waals surface area contributed by atoms with Crippen molar-refractivity contribution in [2.75, 3.05) is 5.75 Å². The highest BCUT2D eigenvalue weighted by molar-refractivity contribution is 7.91. The number of aryl methyl sites for hydroxylation is 1. The number of hydrogen-bond acceptors (Lipinski definition) is 5. The van der Waals surface area contributed by atoms with E-state index in [1.807, 2.05) is 0 Å². The molecule has 3 heterocycles. The van der Waals surface area contributed by atoms with E-state index in [4.69, 9.17) is 0 Å². The van der Waals surface area contributed by atoms with Gasteiger partial charge in [0.15, 0.2) is 20.5 Å². The van der Waals surface area contributed by atoms with Gasteiger partial charge in [-0.05, 0) is 18.2 Å². The van der Waals surface area contributed by atoms with Crippen molar-refractivity contribution in [1.29, 1.82) is 0 Å². The summed E-state index contributed by atoms with van der Waals surface area (Å²) in [6, 6.07) is 3.77. The third kappa shape index (κ3) is 3.38. The molecule has 0 amide bonds. The van der Waals surface area contributed by atoms with E-state index in [-0.39, 0.29) is 22.6 Å². The SMILES string of the molecule is CCS(=O)(=O)c1nn(-c2nc3cc(C(F)(F)F)cnc3n2C)c2cccc(C(F)(F)F)c12. The molecule has 0 saturated carbocycles. The summed E-state index contributed by atoms with van der Waals surface area (Å²) in [7, 11) is -2.82. The van der Waals surface area contributed by atoms with Gasteiger partial charge in [0.1, 0.15) is 5.52 Å². The summed E-state index contributed by atoms with van der Waals surface area (Å²) in [6.45, 7) is 1.26. The van der Waals surface area contributed by atoms with E-state index in [1.165, 1.54) is 24.6 Å². The Morgan fingerprint density at radius 1 is 1.06 bits per heavy atom. The highest BCUT2D eigenvalue weighted by Crippen LogP contribution is 2.39. The molecule has 0 saturated heterocycles. The second kappa shape index (κ2) is 6.92. The number of hydrogen-bond donors (Lipinski definition) is 0. The molecule has 170 valence electrons. The summed E-state index contributed by atoms with van der Waals surface area (Å²) in [5.41, 5.74) is -2.67. The van der Waals surface area contributed by atoms with Gasteiger partial charge in [-0.1, -0.05) is 13.0 Å². The Morgan fingerprint density at radius 2 is 1.75 bits per heavy atom. The van der Waals surface area contributed by atoms with Crippen LogP contribution >= 0.6 is 0 Å². The van der Waals surface area contributed by atoms with Crippen LogP contribution in [0.5, 0.6) is 0 Å². The van der Waals surface area contributed by atoms with E-state index in [9.17, 15) is 34.8 Å². The van der Waals surface area contributed by atoms with E-state index >= 15 is 0 Å². The van der Waals surface area contributed by atoms with Gasteiger partial charge in [-0.25, -0.2) is 18.4 Å². The number of benzene rings is 1. The number of sulfone groups is 1. The van der Waals surface area contributed by atoms with Crippen molar-refractivity contribution in [2.24, 2.45) is 7.05 Å². The molecule has 0 unspecified atom stereocenters. The van der Waals surface area contributed by atoms with Crippen LogP contribution < -0.4 is 0 Å². The minimum Gasteiger partial charge on any atom is -0.296 e. The number of rotatable bonds is 3. The Balaban J connectivity index is 2.08. The van der Waals surface area contributed by atoms with Gasteiger partial charge in [-0.2, -0.15) is 36.1 Å². The minimum atomic E-state index is -4.87. The van der Waals surface area contributed by atoms with E-state index in [0.717, 1.165) is 22.9 Å². The molecule has 7 nitrogen and oxygen atoms in total. The van der Waals surface area contributed by atoms with Gasteiger partial charge in [-0.15, -0.1) is 0 Å². The Kier molecular flexibility index (Phi) is 4.77. The molecule has 3 aromatic heterocycles. The summed E-state index contributed by atoms with van der Waals surface area (Å²) in [5.74, 6) is -0.710. The average molecular weight is 477 g/mol. The quantitative estimate of drug-likeness (QED) is 0.415. The smallest absolute Gasteiger partial charge is 0.296 e. The van der Waals surface area contributed by atoms with E-state index in [0.29, 0.717) is 6.20 Å². The lowest BCUT2D eigenvalue weighted by atomic mass is 10.1. The average Bonchev–Trinajstić information content (AvgIpc) is 3.24. The van der Waals surface area contributed by atoms with Gasteiger partial charge in [0.2, 0.25) is 5.95 Å². The maximum Gasteiger partial charge on any atom is 0.417 e. The zero-order valence-corrected chi connectivity index (χ0v) is 17.1. The van der Waals surface area contributed by atoms with Crippen molar-refractivity contribution in [3.63, 3.8) is 0 Å². The maximum atomic E-state index is 13.6. The zero-order chi connectivity index (χ0) is 23.6. The number of alkyl halides is 6. The first-order chi connectivity index (χ1) is 14.8. The van der Waals surface area contributed by atoms with Gasteiger partial charge in [0, 0.05) is 13.2 Å². The molecule has 4 rings (SSSR count). The first-order valence-corrected chi connectivity index (χ1v) is 10.6. The van der Waals surface area contributed by atoms with Gasteiger partial charge in [-0.3, -0.25) is 4.57 Å². The number of pyridine rings is 1. The lowest BCUT2D eigenvalue weighted by molar-refractivity contribution is -0.138. The second-order valence-corrected chi connectivity index (χ2v) is 9.05. The topological polar surface area (TPSA) is 82.7 Å². The standard InChI is InChI=1S/C18H13F6N5O2S/c1-3-32(30,31)15-13-10(18(22,23)24)5-4-6-12(13)29(27-15)16-26-11-7-9(17(19,20)21)8-25-14(11)28(16)2/h4-8H,3H2,1-2H3. The molecule has 0 aliphatic carbocycles. The lowest BCUT2D eigenvalue weighted by Gasteiger charge is -2.09. The number of nitrogens with zero attached hydrogens (tertiary/aromatic N) is 5. The third-order valence-electron chi connectivity index (χ3n) is 4.86. The molecule has 0 aliphatic rings. The van der Waals surface area contributed by atoms with Crippen molar-refractivity contribution in [3.8, 4) is 5.95 Å². The molecule has 0 aliphatic heterocycles. The van der Waals surface area contributed by atoms with E-state index in [1.54, 1.807) is 0 Å². The van der Waals surface area contributed by atoms with Gasteiger partial charge >= 0.3 is 12.4 Å². The third-order valence-corrected chi connectivity index (χ3v) is 6.49. The number of fused-ring (bicyclic) bond motifs is 2. The molecule has 1 aromatic carbocycles. The summed E-state index contributed by atoms with van der Waals surface area (Å²) in [5, 5.41) is 2.47. The van der Waals surface area contributed by atoms with Crippen LogP contribution in [0.4, 0.5) is 26.3 Å². The molecule has 0 bridgehead atoms. The fourth-order valence-electron chi connectivity index (χ4n) is 3.29.